The fourth-order valence-electron chi connectivity index (χ4n) is 0.993. The Morgan fingerprint density at radius 1 is 1.47 bits per heavy atom. The Kier molecular flexibility index (Phi) is 4.39. The molecule has 1 heterocycles. The third-order valence-corrected chi connectivity index (χ3v) is 5.01. The van der Waals surface area contributed by atoms with Gasteiger partial charge in [0.1, 0.15) is 0 Å². The van der Waals surface area contributed by atoms with Gasteiger partial charge in [-0.1, -0.05) is 22.9 Å². The van der Waals surface area contributed by atoms with E-state index in [2.05, 4.69) is 4.98 Å². The highest BCUT2D eigenvalue weighted by Gasteiger charge is 2.28. The van der Waals surface area contributed by atoms with Gasteiger partial charge in [0, 0.05) is 6.54 Å². The molecule has 0 aromatic carbocycles. The molecular formula is C7H8ClF3N2O2S2. The number of nitrogens with zero attached hydrogens (tertiary/aromatic N) is 1. The van der Waals surface area contributed by atoms with Crippen LogP contribution in [0.25, 0.3) is 0 Å². The van der Waals surface area contributed by atoms with Crippen LogP contribution in [0, 0.1) is 6.92 Å². The number of hydrogen-bond donors (Lipinski definition) is 1. The predicted molar refractivity (Wildman–Crippen MR) is 57.7 cm³/mol. The molecule has 0 radical (unpaired) electrons. The summed E-state index contributed by atoms with van der Waals surface area (Å²) in [5, 5.41) is 0. The average Bonchev–Trinajstić information content (AvgIpc) is 2.43. The molecule has 17 heavy (non-hydrogen) atoms. The molecule has 4 nitrogen and oxygen atoms in total. The molecule has 0 atom stereocenters. The van der Waals surface area contributed by atoms with Gasteiger partial charge in [-0.3, -0.25) is 0 Å². The van der Waals surface area contributed by atoms with Gasteiger partial charge in [0.05, 0.1) is 12.1 Å². The number of sulfonamides is 1. The van der Waals surface area contributed by atoms with Gasteiger partial charge in [-0.05, 0) is 6.92 Å². The van der Waals surface area contributed by atoms with E-state index in [1.165, 1.54) is 6.92 Å². The fraction of sp³-hybridized carbons (Fsp3) is 0.571. The fourth-order valence-corrected chi connectivity index (χ4v) is 3.81. The number of thiazole rings is 1. The summed E-state index contributed by atoms with van der Waals surface area (Å²) < 4.78 is 60.4. The molecule has 0 saturated carbocycles. The van der Waals surface area contributed by atoms with Crippen LogP contribution in [0.5, 0.6) is 0 Å². The zero-order valence-electron chi connectivity index (χ0n) is 8.51. The Balaban J connectivity index is 2.73. The van der Waals surface area contributed by atoms with Gasteiger partial charge in [0.15, 0.2) is 8.68 Å². The molecule has 1 N–H and O–H groups in total. The van der Waals surface area contributed by atoms with Crippen molar-refractivity contribution in [2.75, 3.05) is 6.54 Å². The van der Waals surface area contributed by atoms with E-state index in [1.54, 1.807) is 0 Å². The number of aryl methyl sites for hydroxylation is 1. The SMILES string of the molecule is Cc1nc(Cl)sc1S(=O)(=O)NCCC(F)(F)F. The Morgan fingerprint density at radius 2 is 2.06 bits per heavy atom. The summed E-state index contributed by atoms with van der Waals surface area (Å²) >= 11 is 6.22. The van der Waals surface area contributed by atoms with E-state index >= 15 is 0 Å². The standard InChI is InChI=1S/C7H8ClF3N2O2S2/c1-4-5(16-6(8)13-4)17(14,15)12-3-2-7(9,10)11/h12H,2-3H2,1H3. The van der Waals surface area contributed by atoms with Gasteiger partial charge in [-0.15, -0.1) is 0 Å². The highest BCUT2D eigenvalue weighted by atomic mass is 35.5. The summed E-state index contributed by atoms with van der Waals surface area (Å²) in [5.41, 5.74) is 0.166. The maximum absolute atomic E-state index is 11.9. The second-order valence-corrected chi connectivity index (χ2v) is 6.65. The number of aromatic nitrogens is 1. The number of alkyl halides is 3. The topological polar surface area (TPSA) is 59.1 Å². The molecule has 0 aliphatic rings. The van der Waals surface area contributed by atoms with Crippen molar-refractivity contribution in [2.45, 2.75) is 23.7 Å². The first-order chi connectivity index (χ1) is 7.62. The quantitative estimate of drug-likeness (QED) is 0.928. The van der Waals surface area contributed by atoms with Crippen LogP contribution in [0.15, 0.2) is 4.21 Å². The smallest absolute Gasteiger partial charge is 0.229 e. The van der Waals surface area contributed by atoms with Gasteiger partial charge >= 0.3 is 6.18 Å². The molecule has 0 amide bonds. The molecule has 1 aromatic heterocycles. The van der Waals surface area contributed by atoms with Crippen molar-refractivity contribution in [3.05, 3.63) is 10.2 Å². The third-order valence-electron chi connectivity index (χ3n) is 1.67. The molecule has 10 heteroatoms. The van der Waals surface area contributed by atoms with Crippen molar-refractivity contribution in [1.29, 1.82) is 0 Å². The van der Waals surface area contributed by atoms with E-state index in [1.807, 2.05) is 4.72 Å². The minimum absolute atomic E-state index is 0.0266. The van der Waals surface area contributed by atoms with Crippen LogP contribution in [-0.2, 0) is 10.0 Å². The Bertz CT molecular complexity index is 498. The van der Waals surface area contributed by atoms with Gasteiger partial charge in [-0.2, -0.15) is 13.2 Å². The summed E-state index contributed by atoms with van der Waals surface area (Å²) in [5.74, 6) is 0. The zero-order chi connectivity index (χ0) is 13.3. The highest BCUT2D eigenvalue weighted by Crippen LogP contribution is 2.26. The van der Waals surface area contributed by atoms with Crippen molar-refractivity contribution in [3.63, 3.8) is 0 Å². The van der Waals surface area contributed by atoms with Gasteiger partial charge in [0.25, 0.3) is 10.0 Å². The molecule has 0 saturated heterocycles. The van der Waals surface area contributed by atoms with E-state index in [0.29, 0.717) is 11.3 Å². The predicted octanol–water partition coefficient (Wildman–Crippen LogP) is 2.34. The molecule has 1 aromatic rings. The summed E-state index contributed by atoms with van der Waals surface area (Å²) in [4.78, 5) is 3.68. The van der Waals surface area contributed by atoms with E-state index in [-0.39, 0.29) is 14.4 Å². The van der Waals surface area contributed by atoms with Gasteiger partial charge < -0.3 is 0 Å². The van der Waals surface area contributed by atoms with E-state index in [9.17, 15) is 21.6 Å². The van der Waals surface area contributed by atoms with Crippen LogP contribution in [-0.4, -0.2) is 26.1 Å². The Labute approximate surface area is 105 Å². The molecular weight excluding hydrogens is 301 g/mol. The van der Waals surface area contributed by atoms with Crippen LogP contribution in [0.4, 0.5) is 13.2 Å². The Hall–Kier alpha value is -0.380. The first kappa shape index (κ1) is 14.7. The van der Waals surface area contributed by atoms with Crippen molar-refractivity contribution in [1.82, 2.24) is 9.71 Å². The zero-order valence-corrected chi connectivity index (χ0v) is 10.9. The third kappa shape index (κ3) is 4.41. The summed E-state index contributed by atoms with van der Waals surface area (Å²) in [6, 6.07) is 0. The molecule has 0 unspecified atom stereocenters. The first-order valence-electron chi connectivity index (χ1n) is 4.31. The molecule has 98 valence electrons. The first-order valence-corrected chi connectivity index (χ1v) is 6.99. The molecule has 0 fully saturated rings. The van der Waals surface area contributed by atoms with Crippen LogP contribution in [0.3, 0.4) is 0 Å². The number of rotatable bonds is 4. The second kappa shape index (κ2) is 5.09. The average molecular weight is 309 g/mol. The molecule has 0 spiro atoms. The van der Waals surface area contributed by atoms with E-state index in [4.69, 9.17) is 11.6 Å². The molecule has 1 rings (SSSR count). The van der Waals surface area contributed by atoms with Gasteiger partial charge in [-0.25, -0.2) is 18.1 Å². The van der Waals surface area contributed by atoms with Crippen LogP contribution >= 0.6 is 22.9 Å². The van der Waals surface area contributed by atoms with Crippen molar-refractivity contribution in [2.24, 2.45) is 0 Å². The monoisotopic (exact) mass is 308 g/mol. The minimum atomic E-state index is -4.40. The maximum Gasteiger partial charge on any atom is 0.390 e. The molecule has 0 aliphatic heterocycles. The highest BCUT2D eigenvalue weighted by molar-refractivity contribution is 7.91. The normalized spacial score (nSPS) is 13.0. The Morgan fingerprint density at radius 3 is 2.47 bits per heavy atom. The molecule has 0 aliphatic carbocycles. The van der Waals surface area contributed by atoms with Crippen LogP contribution in [0.2, 0.25) is 4.47 Å². The van der Waals surface area contributed by atoms with E-state index < -0.39 is 29.2 Å². The largest absolute Gasteiger partial charge is 0.390 e. The maximum atomic E-state index is 11.9. The van der Waals surface area contributed by atoms with Gasteiger partial charge in [0.2, 0.25) is 0 Å². The van der Waals surface area contributed by atoms with Crippen LogP contribution < -0.4 is 4.72 Å². The van der Waals surface area contributed by atoms with E-state index in [0.717, 1.165) is 0 Å². The second-order valence-electron chi connectivity index (χ2n) is 3.10. The van der Waals surface area contributed by atoms with Crippen molar-refractivity contribution >= 4 is 33.0 Å². The van der Waals surface area contributed by atoms with Crippen molar-refractivity contribution in [3.8, 4) is 0 Å². The lowest BCUT2D eigenvalue weighted by Crippen LogP contribution is -2.28. The lowest BCUT2D eigenvalue weighted by Gasteiger charge is -2.07. The summed E-state index contributed by atoms with van der Waals surface area (Å²) in [7, 11) is -3.97. The number of halogens is 4. The summed E-state index contributed by atoms with van der Waals surface area (Å²) in [6.07, 6.45) is -5.62. The summed E-state index contributed by atoms with van der Waals surface area (Å²) in [6.45, 7) is 0.710. The lowest BCUT2D eigenvalue weighted by atomic mass is 10.4. The van der Waals surface area contributed by atoms with Crippen LogP contribution in [0.1, 0.15) is 12.1 Å². The van der Waals surface area contributed by atoms with Crippen molar-refractivity contribution < 1.29 is 21.6 Å². The lowest BCUT2D eigenvalue weighted by molar-refractivity contribution is -0.132. The number of nitrogens with one attached hydrogen (secondary N) is 1. The number of hydrogen-bond acceptors (Lipinski definition) is 4. The minimum Gasteiger partial charge on any atom is -0.229 e. The molecule has 0 bridgehead atoms.